The number of aryl methyl sites for hydroxylation is 1. The highest BCUT2D eigenvalue weighted by Gasteiger charge is 2.52. The molecule has 2 aromatic heterocycles. The predicted molar refractivity (Wildman–Crippen MR) is 109 cm³/mol. The van der Waals surface area contributed by atoms with Crippen LogP contribution >= 0.6 is 0 Å². The smallest absolute Gasteiger partial charge is 0.229 e. The van der Waals surface area contributed by atoms with E-state index in [1.165, 1.54) is 0 Å². The summed E-state index contributed by atoms with van der Waals surface area (Å²) >= 11 is 0. The predicted octanol–water partition coefficient (Wildman–Crippen LogP) is 4.56. The molecule has 3 aromatic rings. The van der Waals surface area contributed by atoms with Crippen molar-refractivity contribution >= 4 is 28.3 Å². The van der Waals surface area contributed by atoms with E-state index in [-0.39, 0.29) is 17.2 Å². The molecule has 1 aromatic carbocycles. The third-order valence-corrected chi connectivity index (χ3v) is 5.89. The third-order valence-electron chi connectivity index (χ3n) is 5.89. The number of hydrogen-bond donors (Lipinski definition) is 2. The van der Waals surface area contributed by atoms with Crippen LogP contribution in [0.2, 0.25) is 0 Å². The summed E-state index contributed by atoms with van der Waals surface area (Å²) in [6, 6.07) is 11.9. The van der Waals surface area contributed by atoms with Crippen LogP contribution in [0.4, 0.5) is 11.6 Å². The molecule has 0 spiro atoms. The van der Waals surface area contributed by atoms with Gasteiger partial charge in [0.15, 0.2) is 0 Å². The van der Waals surface area contributed by atoms with Gasteiger partial charge in [0.05, 0.1) is 5.69 Å². The summed E-state index contributed by atoms with van der Waals surface area (Å²) in [7, 11) is 0. The van der Waals surface area contributed by atoms with Crippen molar-refractivity contribution < 1.29 is 4.79 Å². The van der Waals surface area contributed by atoms with Crippen molar-refractivity contribution in [1.82, 2.24) is 9.97 Å². The molecule has 3 N–H and O–H groups in total. The van der Waals surface area contributed by atoms with Gasteiger partial charge in [-0.3, -0.25) is 4.79 Å². The van der Waals surface area contributed by atoms with Crippen LogP contribution in [-0.2, 0) is 4.79 Å². The van der Waals surface area contributed by atoms with Crippen molar-refractivity contribution in [3.8, 4) is 11.3 Å². The molecule has 1 aliphatic rings. The highest BCUT2D eigenvalue weighted by atomic mass is 16.2. The largest absolute Gasteiger partial charge is 0.383 e. The van der Waals surface area contributed by atoms with E-state index in [1.807, 2.05) is 30.3 Å². The molecule has 5 heteroatoms. The Morgan fingerprint density at radius 3 is 2.81 bits per heavy atom. The van der Waals surface area contributed by atoms with Crippen LogP contribution in [0.15, 0.2) is 42.6 Å². The second-order valence-electron chi connectivity index (χ2n) is 7.75. The van der Waals surface area contributed by atoms with Crippen LogP contribution in [0, 0.1) is 18.3 Å². The lowest BCUT2D eigenvalue weighted by Gasteiger charge is -2.11. The normalized spacial score (nSPS) is 21.2. The van der Waals surface area contributed by atoms with Crippen LogP contribution in [0.25, 0.3) is 22.0 Å². The van der Waals surface area contributed by atoms with E-state index in [2.05, 4.69) is 42.1 Å². The zero-order chi connectivity index (χ0) is 19.2. The van der Waals surface area contributed by atoms with E-state index in [0.29, 0.717) is 11.6 Å². The minimum absolute atomic E-state index is 0.0485. The first-order chi connectivity index (χ1) is 12.9. The van der Waals surface area contributed by atoms with Crippen molar-refractivity contribution in [1.29, 1.82) is 0 Å². The molecule has 1 fully saturated rings. The van der Waals surface area contributed by atoms with Gasteiger partial charge in [0.2, 0.25) is 5.91 Å². The molecule has 4 rings (SSSR count). The molecule has 1 aliphatic carbocycles. The van der Waals surface area contributed by atoms with Gasteiger partial charge >= 0.3 is 0 Å². The number of fused-ring (bicyclic) bond motifs is 1. The van der Waals surface area contributed by atoms with E-state index in [1.54, 1.807) is 6.20 Å². The summed E-state index contributed by atoms with van der Waals surface area (Å²) < 4.78 is 0. The Labute approximate surface area is 159 Å². The molecule has 1 saturated carbocycles. The van der Waals surface area contributed by atoms with Crippen molar-refractivity contribution in [3.63, 3.8) is 0 Å². The number of aromatic nitrogens is 2. The van der Waals surface area contributed by atoms with Gasteiger partial charge in [-0.25, -0.2) is 9.97 Å². The lowest BCUT2D eigenvalue weighted by molar-refractivity contribution is -0.118. The Morgan fingerprint density at radius 1 is 1.33 bits per heavy atom. The van der Waals surface area contributed by atoms with Crippen LogP contribution in [-0.4, -0.2) is 15.9 Å². The Bertz CT molecular complexity index is 1050. The second kappa shape index (κ2) is 6.34. The third kappa shape index (κ3) is 3.14. The van der Waals surface area contributed by atoms with Gasteiger partial charge in [-0.2, -0.15) is 0 Å². The summed E-state index contributed by atoms with van der Waals surface area (Å²) in [4.78, 5) is 21.4. The number of carbonyl (C=O) groups excluding carboxylic acids is 1. The molecule has 0 unspecified atom stereocenters. The molecule has 0 aliphatic heterocycles. The summed E-state index contributed by atoms with van der Waals surface area (Å²) in [5, 5.41) is 4.67. The van der Waals surface area contributed by atoms with Gasteiger partial charge in [-0.1, -0.05) is 38.1 Å². The molecule has 2 heterocycles. The average molecular weight is 360 g/mol. The van der Waals surface area contributed by atoms with E-state index < -0.39 is 0 Å². The minimum Gasteiger partial charge on any atom is -0.383 e. The average Bonchev–Trinajstić information content (AvgIpc) is 3.34. The summed E-state index contributed by atoms with van der Waals surface area (Å²) in [5.74, 6) is 1.12. The maximum absolute atomic E-state index is 12.5. The SMILES string of the molecule is CC[C@@]1(C)C[C@@H]1C(=O)Nc1cc2cc(-c3ccccc3C)nc(N)c2cn1. The molecule has 0 radical (unpaired) electrons. The quantitative estimate of drug-likeness (QED) is 0.714. The maximum atomic E-state index is 12.5. The number of nitrogen functional groups attached to an aromatic ring is 1. The Hall–Kier alpha value is -2.95. The Balaban J connectivity index is 1.67. The number of nitrogens with zero attached hydrogens (tertiary/aromatic N) is 2. The Morgan fingerprint density at radius 2 is 2.11 bits per heavy atom. The maximum Gasteiger partial charge on any atom is 0.229 e. The van der Waals surface area contributed by atoms with Gasteiger partial charge in [-0.05, 0) is 48.3 Å². The monoisotopic (exact) mass is 360 g/mol. The number of amides is 1. The first kappa shape index (κ1) is 17.5. The second-order valence-corrected chi connectivity index (χ2v) is 7.75. The van der Waals surface area contributed by atoms with Gasteiger partial charge < -0.3 is 11.1 Å². The standard InChI is InChI=1S/C22H24N4O/c1-4-22(3)11-17(22)21(27)26-19-10-14-9-18(15-8-6-5-7-13(15)2)25-20(23)16(14)12-24-19/h5-10,12,17H,4,11H2,1-3H3,(H2,23,25)(H,24,26,27)/t17-,22+/m1/s1. The van der Waals surface area contributed by atoms with Crippen molar-refractivity contribution in [3.05, 3.63) is 48.2 Å². The number of anilines is 2. The number of carbonyl (C=O) groups is 1. The van der Waals surface area contributed by atoms with Crippen LogP contribution in [0.5, 0.6) is 0 Å². The van der Waals surface area contributed by atoms with Gasteiger partial charge in [0, 0.05) is 23.1 Å². The van der Waals surface area contributed by atoms with Gasteiger partial charge in [0.1, 0.15) is 11.6 Å². The number of pyridine rings is 2. The number of hydrogen-bond acceptors (Lipinski definition) is 4. The number of rotatable bonds is 4. The van der Waals surface area contributed by atoms with Crippen molar-refractivity contribution in [2.24, 2.45) is 11.3 Å². The topological polar surface area (TPSA) is 80.9 Å². The fraction of sp³-hybridized carbons (Fsp3) is 0.318. The highest BCUT2D eigenvalue weighted by molar-refractivity contribution is 5.98. The van der Waals surface area contributed by atoms with Crippen molar-refractivity contribution in [2.45, 2.75) is 33.6 Å². The molecular weight excluding hydrogens is 336 g/mol. The minimum atomic E-state index is 0.0485. The van der Waals surface area contributed by atoms with E-state index in [0.717, 1.165) is 40.4 Å². The molecule has 5 nitrogen and oxygen atoms in total. The molecule has 0 bridgehead atoms. The van der Waals surface area contributed by atoms with E-state index in [4.69, 9.17) is 5.73 Å². The molecule has 2 atom stereocenters. The molecule has 27 heavy (non-hydrogen) atoms. The summed E-state index contributed by atoms with van der Waals surface area (Å²) in [6.45, 7) is 6.34. The molecule has 0 saturated heterocycles. The zero-order valence-corrected chi connectivity index (χ0v) is 15.9. The summed E-state index contributed by atoms with van der Waals surface area (Å²) in [5.41, 5.74) is 9.31. The summed E-state index contributed by atoms with van der Waals surface area (Å²) in [6.07, 6.45) is 3.64. The number of nitrogens with one attached hydrogen (secondary N) is 1. The number of benzene rings is 1. The molecular formula is C22H24N4O. The van der Waals surface area contributed by atoms with E-state index in [9.17, 15) is 4.79 Å². The van der Waals surface area contributed by atoms with Crippen molar-refractivity contribution in [2.75, 3.05) is 11.1 Å². The van der Waals surface area contributed by atoms with Gasteiger partial charge in [-0.15, -0.1) is 0 Å². The van der Waals surface area contributed by atoms with Gasteiger partial charge in [0.25, 0.3) is 0 Å². The lowest BCUT2D eigenvalue weighted by Crippen LogP contribution is -2.18. The van der Waals surface area contributed by atoms with Crippen LogP contribution < -0.4 is 11.1 Å². The van der Waals surface area contributed by atoms with Crippen LogP contribution in [0.1, 0.15) is 32.3 Å². The Kier molecular flexibility index (Phi) is 4.10. The lowest BCUT2D eigenvalue weighted by atomic mass is 10.0. The van der Waals surface area contributed by atoms with E-state index >= 15 is 0 Å². The first-order valence-corrected chi connectivity index (χ1v) is 9.34. The van der Waals surface area contributed by atoms with Crippen LogP contribution in [0.3, 0.4) is 0 Å². The number of nitrogens with two attached hydrogens (primary N) is 1. The highest BCUT2D eigenvalue weighted by Crippen LogP contribution is 2.55. The molecule has 138 valence electrons. The fourth-order valence-corrected chi connectivity index (χ4v) is 3.66. The fourth-order valence-electron chi connectivity index (χ4n) is 3.66. The first-order valence-electron chi connectivity index (χ1n) is 9.34. The zero-order valence-electron chi connectivity index (χ0n) is 15.9. The molecule has 1 amide bonds.